The van der Waals surface area contributed by atoms with Gasteiger partial charge in [-0.05, 0) is 35.0 Å². The van der Waals surface area contributed by atoms with Crippen LogP contribution in [0.1, 0.15) is 17.3 Å². The summed E-state index contributed by atoms with van der Waals surface area (Å²) < 4.78 is 0.678. The quantitative estimate of drug-likeness (QED) is 0.832. The highest BCUT2D eigenvalue weighted by molar-refractivity contribution is 9.10. The van der Waals surface area contributed by atoms with Gasteiger partial charge in [-0.25, -0.2) is 0 Å². The van der Waals surface area contributed by atoms with Gasteiger partial charge in [0.1, 0.15) is 0 Å². The molecule has 0 aliphatic rings. The second-order valence-electron chi connectivity index (χ2n) is 2.61. The molecule has 2 nitrogen and oxygen atoms in total. The Labute approximate surface area is 101 Å². The number of carbonyl (C=O) groups is 1. The van der Waals surface area contributed by atoms with Crippen molar-refractivity contribution in [2.45, 2.75) is 6.92 Å². The number of benzene rings is 1. The van der Waals surface area contributed by atoms with Gasteiger partial charge in [0.05, 0.1) is 15.6 Å². The molecule has 0 fully saturated rings. The van der Waals surface area contributed by atoms with Gasteiger partial charge in [0, 0.05) is 11.0 Å². The Morgan fingerprint density at radius 2 is 2.07 bits per heavy atom. The number of nitrogens with one attached hydrogen (secondary N) is 1. The predicted octanol–water partition coefficient (Wildman–Crippen LogP) is 3.51. The molecular formula is C9H8BrCl2NO. The van der Waals surface area contributed by atoms with Crippen molar-refractivity contribution in [3.63, 3.8) is 0 Å². The van der Waals surface area contributed by atoms with E-state index < -0.39 is 0 Å². The van der Waals surface area contributed by atoms with Crippen LogP contribution in [0.25, 0.3) is 0 Å². The maximum Gasteiger partial charge on any atom is 0.252 e. The maximum absolute atomic E-state index is 11.5. The summed E-state index contributed by atoms with van der Waals surface area (Å²) >= 11 is 14.9. The van der Waals surface area contributed by atoms with Gasteiger partial charge >= 0.3 is 0 Å². The molecule has 0 heterocycles. The summed E-state index contributed by atoms with van der Waals surface area (Å²) in [6, 6.07) is 3.15. The first-order valence-electron chi connectivity index (χ1n) is 3.99. The Bertz CT molecular complexity index is 368. The van der Waals surface area contributed by atoms with E-state index in [0.717, 1.165) is 0 Å². The smallest absolute Gasteiger partial charge is 0.252 e. The molecule has 0 spiro atoms. The zero-order valence-electron chi connectivity index (χ0n) is 7.40. The molecule has 14 heavy (non-hydrogen) atoms. The summed E-state index contributed by atoms with van der Waals surface area (Å²) in [5.74, 6) is -0.216. The molecule has 0 atom stereocenters. The lowest BCUT2D eigenvalue weighted by Crippen LogP contribution is -2.22. The summed E-state index contributed by atoms with van der Waals surface area (Å²) in [7, 11) is 0. The summed E-state index contributed by atoms with van der Waals surface area (Å²) in [6.07, 6.45) is 0. The van der Waals surface area contributed by atoms with Gasteiger partial charge < -0.3 is 5.32 Å². The molecule has 0 aromatic heterocycles. The number of hydrogen-bond donors (Lipinski definition) is 1. The fourth-order valence-corrected chi connectivity index (χ4v) is 1.84. The molecule has 0 saturated carbocycles. The lowest BCUT2D eigenvalue weighted by molar-refractivity contribution is 0.0956. The van der Waals surface area contributed by atoms with Gasteiger partial charge in [-0.2, -0.15) is 0 Å². The fraction of sp³-hybridized carbons (Fsp3) is 0.222. The number of rotatable bonds is 2. The van der Waals surface area contributed by atoms with E-state index in [2.05, 4.69) is 21.2 Å². The van der Waals surface area contributed by atoms with Crippen LogP contribution in [0.4, 0.5) is 0 Å². The highest BCUT2D eigenvalue weighted by atomic mass is 79.9. The van der Waals surface area contributed by atoms with Crippen molar-refractivity contribution >= 4 is 45.0 Å². The van der Waals surface area contributed by atoms with E-state index >= 15 is 0 Å². The van der Waals surface area contributed by atoms with Crippen LogP contribution in [0.2, 0.25) is 10.0 Å². The lowest BCUT2D eigenvalue weighted by atomic mass is 10.2. The van der Waals surface area contributed by atoms with Gasteiger partial charge in [-0.3, -0.25) is 4.79 Å². The Morgan fingerprint density at radius 1 is 1.43 bits per heavy atom. The van der Waals surface area contributed by atoms with Crippen LogP contribution in [0.3, 0.4) is 0 Å². The first kappa shape index (κ1) is 11.8. The standard InChI is InChI=1S/C9H8BrCl2NO/c1-2-13-9(14)5-3-8(12)6(10)4-7(5)11/h3-4H,2H2,1H3,(H,13,14). The number of hydrogen-bond acceptors (Lipinski definition) is 1. The highest BCUT2D eigenvalue weighted by Crippen LogP contribution is 2.29. The summed E-state index contributed by atoms with van der Waals surface area (Å²) in [5.41, 5.74) is 0.390. The first-order chi connectivity index (χ1) is 6.56. The number of halogens is 3. The molecule has 0 aliphatic heterocycles. The third kappa shape index (κ3) is 2.62. The molecule has 0 unspecified atom stereocenters. The molecule has 1 amide bonds. The molecule has 0 saturated heterocycles. The van der Waals surface area contributed by atoms with Crippen LogP contribution in [-0.4, -0.2) is 12.5 Å². The molecule has 1 aromatic carbocycles. The van der Waals surface area contributed by atoms with E-state index in [1.807, 2.05) is 6.92 Å². The van der Waals surface area contributed by atoms with Crippen molar-refractivity contribution in [2.24, 2.45) is 0 Å². The fourth-order valence-electron chi connectivity index (χ4n) is 0.952. The van der Waals surface area contributed by atoms with Gasteiger partial charge in [0.25, 0.3) is 5.91 Å². The van der Waals surface area contributed by atoms with Crippen LogP contribution in [-0.2, 0) is 0 Å². The van der Waals surface area contributed by atoms with Crippen LogP contribution >= 0.6 is 39.1 Å². The molecule has 0 radical (unpaired) electrons. The third-order valence-corrected chi connectivity index (χ3v) is 3.10. The number of carbonyl (C=O) groups excluding carboxylic acids is 1. The topological polar surface area (TPSA) is 29.1 Å². The Hall–Kier alpha value is -0.250. The SMILES string of the molecule is CCNC(=O)c1cc(Cl)c(Br)cc1Cl. The molecule has 0 bridgehead atoms. The van der Waals surface area contributed by atoms with Crippen LogP contribution in [0, 0.1) is 0 Å². The molecule has 0 aliphatic carbocycles. The van der Waals surface area contributed by atoms with E-state index in [1.165, 1.54) is 0 Å². The largest absolute Gasteiger partial charge is 0.352 e. The molecule has 1 N–H and O–H groups in total. The zero-order chi connectivity index (χ0) is 10.7. The Kier molecular flexibility index (Phi) is 4.23. The van der Waals surface area contributed by atoms with E-state index in [0.29, 0.717) is 26.6 Å². The highest BCUT2D eigenvalue weighted by Gasteiger charge is 2.11. The van der Waals surface area contributed by atoms with Crippen LogP contribution in [0.15, 0.2) is 16.6 Å². The van der Waals surface area contributed by atoms with E-state index in [9.17, 15) is 4.79 Å². The predicted molar refractivity (Wildman–Crippen MR) is 62.2 cm³/mol. The van der Waals surface area contributed by atoms with Crippen molar-refractivity contribution in [1.29, 1.82) is 0 Å². The molecule has 1 aromatic rings. The minimum Gasteiger partial charge on any atom is -0.352 e. The van der Waals surface area contributed by atoms with Crippen LogP contribution in [0.5, 0.6) is 0 Å². The van der Waals surface area contributed by atoms with E-state index in [1.54, 1.807) is 12.1 Å². The van der Waals surface area contributed by atoms with Crippen LogP contribution < -0.4 is 5.32 Å². The summed E-state index contributed by atoms with van der Waals surface area (Å²) in [4.78, 5) is 11.5. The monoisotopic (exact) mass is 295 g/mol. The van der Waals surface area contributed by atoms with Crippen molar-refractivity contribution < 1.29 is 4.79 Å². The summed E-state index contributed by atoms with van der Waals surface area (Å²) in [6.45, 7) is 2.40. The second-order valence-corrected chi connectivity index (χ2v) is 4.27. The van der Waals surface area contributed by atoms with Crippen molar-refractivity contribution in [2.75, 3.05) is 6.54 Å². The second kappa shape index (κ2) is 5.01. The Balaban J connectivity index is 3.09. The minimum atomic E-state index is -0.216. The van der Waals surface area contributed by atoms with E-state index in [-0.39, 0.29) is 5.91 Å². The summed E-state index contributed by atoms with van der Waals surface area (Å²) in [5, 5.41) is 3.50. The molecule has 76 valence electrons. The molecular weight excluding hydrogens is 289 g/mol. The lowest BCUT2D eigenvalue weighted by Gasteiger charge is -2.06. The molecule has 5 heteroatoms. The maximum atomic E-state index is 11.5. The molecule has 1 rings (SSSR count). The zero-order valence-corrected chi connectivity index (χ0v) is 10.5. The van der Waals surface area contributed by atoms with Gasteiger partial charge in [-0.15, -0.1) is 0 Å². The van der Waals surface area contributed by atoms with Gasteiger partial charge in [0.15, 0.2) is 0 Å². The Morgan fingerprint density at radius 3 is 2.64 bits per heavy atom. The third-order valence-electron chi connectivity index (χ3n) is 1.59. The van der Waals surface area contributed by atoms with Crippen molar-refractivity contribution in [3.8, 4) is 0 Å². The van der Waals surface area contributed by atoms with Gasteiger partial charge in [-0.1, -0.05) is 23.2 Å². The average Bonchev–Trinajstić information content (AvgIpc) is 2.11. The van der Waals surface area contributed by atoms with E-state index in [4.69, 9.17) is 23.2 Å². The number of amides is 1. The van der Waals surface area contributed by atoms with Crippen molar-refractivity contribution in [1.82, 2.24) is 5.32 Å². The normalized spacial score (nSPS) is 10.0. The van der Waals surface area contributed by atoms with Gasteiger partial charge in [0.2, 0.25) is 0 Å². The minimum absolute atomic E-state index is 0.216. The average molecular weight is 297 g/mol. The van der Waals surface area contributed by atoms with Crippen molar-refractivity contribution in [3.05, 3.63) is 32.2 Å². The first-order valence-corrected chi connectivity index (χ1v) is 5.54.